The SMILES string of the molecule is Cc1cccc(C)c1OCC(C)NC1CSCCSC1.O=C(O)C(F)(F)F. The number of carboxylic acids is 1. The van der Waals surface area contributed by atoms with Crippen molar-refractivity contribution in [2.45, 2.75) is 39.0 Å². The number of ether oxygens (including phenoxy) is 1. The average Bonchev–Trinajstić information content (AvgIpc) is 2.82. The summed E-state index contributed by atoms with van der Waals surface area (Å²) in [6, 6.07) is 7.30. The highest BCUT2D eigenvalue weighted by Crippen LogP contribution is 2.22. The maximum Gasteiger partial charge on any atom is 0.490 e. The Kier molecular flexibility index (Phi) is 10.4. The fourth-order valence-corrected chi connectivity index (χ4v) is 4.82. The van der Waals surface area contributed by atoms with Crippen LogP contribution in [-0.2, 0) is 4.79 Å². The van der Waals surface area contributed by atoms with Gasteiger partial charge in [0.15, 0.2) is 0 Å². The quantitative estimate of drug-likeness (QED) is 0.739. The van der Waals surface area contributed by atoms with E-state index in [0.29, 0.717) is 12.1 Å². The van der Waals surface area contributed by atoms with Gasteiger partial charge in [0, 0.05) is 35.1 Å². The zero-order chi connectivity index (χ0) is 20.4. The minimum Gasteiger partial charge on any atom is -0.491 e. The molecule has 1 aromatic carbocycles. The summed E-state index contributed by atoms with van der Waals surface area (Å²) in [7, 11) is 0. The van der Waals surface area contributed by atoms with E-state index in [9.17, 15) is 13.2 Å². The lowest BCUT2D eigenvalue weighted by molar-refractivity contribution is -0.192. The minimum atomic E-state index is -5.08. The van der Waals surface area contributed by atoms with E-state index in [4.69, 9.17) is 14.6 Å². The van der Waals surface area contributed by atoms with Crippen molar-refractivity contribution in [2.75, 3.05) is 29.6 Å². The molecule has 1 heterocycles. The van der Waals surface area contributed by atoms with Crippen molar-refractivity contribution < 1.29 is 27.8 Å². The molecule has 1 aromatic rings. The average molecular weight is 426 g/mol. The third kappa shape index (κ3) is 9.62. The van der Waals surface area contributed by atoms with Crippen molar-refractivity contribution in [2.24, 2.45) is 0 Å². The van der Waals surface area contributed by atoms with E-state index in [1.54, 1.807) is 0 Å². The second kappa shape index (κ2) is 11.7. The summed E-state index contributed by atoms with van der Waals surface area (Å²) in [6.07, 6.45) is -5.08. The first kappa shape index (κ1) is 24.0. The first-order chi connectivity index (χ1) is 12.6. The number of hydrogen-bond donors (Lipinski definition) is 2. The standard InChI is InChI=1S/C16H25NOS2.C2HF3O2/c1-12-5-4-6-13(2)16(12)18-9-14(3)17-15-10-19-7-8-20-11-15;3-2(4,5)1(6)7/h4-6,14-15,17H,7-11H2,1-3H3;(H,6,7). The molecule has 2 N–H and O–H groups in total. The van der Waals surface area contributed by atoms with E-state index in [2.05, 4.69) is 67.8 Å². The Morgan fingerprint density at radius 2 is 1.74 bits per heavy atom. The molecule has 4 nitrogen and oxygen atoms in total. The summed E-state index contributed by atoms with van der Waals surface area (Å²) < 4.78 is 37.8. The van der Waals surface area contributed by atoms with Gasteiger partial charge in [0.2, 0.25) is 0 Å². The number of para-hydroxylation sites is 1. The van der Waals surface area contributed by atoms with E-state index >= 15 is 0 Å². The van der Waals surface area contributed by atoms with Crippen molar-refractivity contribution in [3.63, 3.8) is 0 Å². The summed E-state index contributed by atoms with van der Waals surface area (Å²) in [5.74, 6) is 3.31. The van der Waals surface area contributed by atoms with E-state index < -0.39 is 12.1 Å². The second-order valence-electron chi connectivity index (χ2n) is 6.25. The molecule has 0 radical (unpaired) electrons. The molecule has 0 saturated carbocycles. The molecule has 1 saturated heterocycles. The van der Waals surface area contributed by atoms with Crippen LogP contribution in [0.4, 0.5) is 13.2 Å². The number of alkyl halides is 3. The number of benzene rings is 1. The van der Waals surface area contributed by atoms with Gasteiger partial charge >= 0.3 is 12.1 Å². The van der Waals surface area contributed by atoms with Crippen LogP contribution in [0.1, 0.15) is 18.1 Å². The normalized spacial score (nSPS) is 16.7. The molecule has 0 aromatic heterocycles. The van der Waals surface area contributed by atoms with Gasteiger partial charge in [-0.1, -0.05) is 18.2 Å². The Morgan fingerprint density at radius 3 is 2.19 bits per heavy atom. The molecular formula is C18H26F3NO3S2. The van der Waals surface area contributed by atoms with Crippen molar-refractivity contribution in [3.8, 4) is 5.75 Å². The third-order valence-corrected chi connectivity index (χ3v) is 6.18. The van der Waals surface area contributed by atoms with Gasteiger partial charge in [-0.15, -0.1) is 0 Å². The molecule has 1 fully saturated rings. The van der Waals surface area contributed by atoms with Gasteiger partial charge in [-0.3, -0.25) is 0 Å². The minimum absolute atomic E-state index is 0.387. The first-order valence-electron chi connectivity index (χ1n) is 8.52. The first-order valence-corrected chi connectivity index (χ1v) is 10.8. The molecule has 1 atom stereocenters. The molecule has 27 heavy (non-hydrogen) atoms. The van der Waals surface area contributed by atoms with Crippen LogP contribution < -0.4 is 10.1 Å². The number of halogens is 3. The number of carboxylic acid groups (broad SMARTS) is 1. The number of rotatable bonds is 5. The van der Waals surface area contributed by atoms with Gasteiger partial charge < -0.3 is 15.2 Å². The van der Waals surface area contributed by atoms with Crippen molar-refractivity contribution in [1.29, 1.82) is 0 Å². The van der Waals surface area contributed by atoms with Crippen LogP contribution in [-0.4, -0.2) is 59.0 Å². The number of nitrogens with one attached hydrogen (secondary N) is 1. The molecule has 9 heteroatoms. The van der Waals surface area contributed by atoms with Crippen LogP contribution in [0.15, 0.2) is 18.2 Å². The van der Waals surface area contributed by atoms with Crippen molar-refractivity contribution in [1.82, 2.24) is 5.32 Å². The summed E-state index contributed by atoms with van der Waals surface area (Å²) in [4.78, 5) is 8.90. The predicted octanol–water partition coefficient (Wildman–Crippen LogP) is 4.14. The summed E-state index contributed by atoms with van der Waals surface area (Å²) in [5.41, 5.74) is 2.44. The molecule has 1 aliphatic heterocycles. The van der Waals surface area contributed by atoms with E-state index in [1.807, 2.05) is 0 Å². The fraction of sp³-hybridized carbons (Fsp3) is 0.611. The Balaban J connectivity index is 0.000000445. The second-order valence-corrected chi connectivity index (χ2v) is 8.55. The van der Waals surface area contributed by atoms with Crippen LogP contribution in [0.5, 0.6) is 5.75 Å². The lowest BCUT2D eigenvalue weighted by atomic mass is 10.1. The maximum absolute atomic E-state index is 10.6. The number of thioether (sulfide) groups is 2. The molecule has 0 spiro atoms. The monoisotopic (exact) mass is 425 g/mol. The lowest BCUT2D eigenvalue weighted by Gasteiger charge is -2.22. The highest BCUT2D eigenvalue weighted by Gasteiger charge is 2.38. The summed E-state index contributed by atoms with van der Waals surface area (Å²) in [5, 5.41) is 10.8. The van der Waals surface area contributed by atoms with Gasteiger partial charge in [-0.05, 0) is 31.9 Å². The molecule has 1 aliphatic rings. The molecule has 1 unspecified atom stereocenters. The fourth-order valence-electron chi connectivity index (χ4n) is 2.40. The number of carbonyl (C=O) groups is 1. The van der Waals surface area contributed by atoms with Gasteiger partial charge in [-0.25, -0.2) is 4.79 Å². The largest absolute Gasteiger partial charge is 0.491 e. The number of hydrogen-bond acceptors (Lipinski definition) is 5. The molecular weight excluding hydrogens is 399 g/mol. The van der Waals surface area contributed by atoms with Crippen LogP contribution >= 0.6 is 23.5 Å². The van der Waals surface area contributed by atoms with Crippen LogP contribution in [0, 0.1) is 13.8 Å². The third-order valence-electron chi connectivity index (χ3n) is 3.66. The Bertz CT molecular complexity index is 571. The van der Waals surface area contributed by atoms with Crippen LogP contribution in [0.2, 0.25) is 0 Å². The molecule has 0 amide bonds. The molecule has 0 bridgehead atoms. The van der Waals surface area contributed by atoms with Crippen molar-refractivity contribution in [3.05, 3.63) is 29.3 Å². The van der Waals surface area contributed by atoms with Crippen LogP contribution in [0.3, 0.4) is 0 Å². The molecule has 2 rings (SSSR count). The Labute approximate surface area is 166 Å². The number of aliphatic carboxylic acids is 1. The van der Waals surface area contributed by atoms with Gasteiger partial charge in [0.25, 0.3) is 0 Å². The summed E-state index contributed by atoms with van der Waals surface area (Å²) >= 11 is 4.12. The molecule has 154 valence electrons. The Morgan fingerprint density at radius 1 is 1.26 bits per heavy atom. The van der Waals surface area contributed by atoms with Gasteiger partial charge in [0.05, 0.1) is 0 Å². The Hall–Kier alpha value is -1.06. The summed E-state index contributed by atoms with van der Waals surface area (Å²) in [6.45, 7) is 7.17. The highest BCUT2D eigenvalue weighted by atomic mass is 32.2. The maximum atomic E-state index is 10.6. The smallest absolute Gasteiger partial charge is 0.490 e. The van der Waals surface area contributed by atoms with Crippen molar-refractivity contribution >= 4 is 29.5 Å². The topological polar surface area (TPSA) is 58.6 Å². The highest BCUT2D eigenvalue weighted by molar-refractivity contribution is 8.03. The van der Waals surface area contributed by atoms with Gasteiger partial charge in [-0.2, -0.15) is 36.7 Å². The van der Waals surface area contributed by atoms with E-state index in [1.165, 1.54) is 34.1 Å². The van der Waals surface area contributed by atoms with Crippen LogP contribution in [0.25, 0.3) is 0 Å². The van der Waals surface area contributed by atoms with Gasteiger partial charge in [0.1, 0.15) is 12.4 Å². The molecule has 0 aliphatic carbocycles. The zero-order valence-corrected chi connectivity index (χ0v) is 17.3. The zero-order valence-electron chi connectivity index (χ0n) is 15.6. The lowest BCUT2D eigenvalue weighted by Crippen LogP contribution is -2.42. The van der Waals surface area contributed by atoms with E-state index in [-0.39, 0.29) is 0 Å². The predicted molar refractivity (Wildman–Crippen MR) is 106 cm³/mol. The number of aryl methyl sites for hydroxylation is 2. The van der Waals surface area contributed by atoms with E-state index in [0.717, 1.165) is 12.4 Å².